The molecule has 0 heterocycles. The first-order valence-electron chi connectivity index (χ1n) is 8.57. The maximum absolute atomic E-state index is 13.7. The molecule has 1 N–H and O–H groups in total. The maximum atomic E-state index is 13.7. The third kappa shape index (κ3) is 5.05. The lowest BCUT2D eigenvalue weighted by Gasteiger charge is -2.21. The lowest BCUT2D eigenvalue weighted by atomic mass is 10.2. The largest absolute Gasteiger partial charge is 0.494 e. The molecule has 0 bridgehead atoms. The molecule has 2 aromatic rings. The van der Waals surface area contributed by atoms with Crippen LogP contribution in [-0.4, -0.2) is 38.3 Å². The second-order valence-corrected chi connectivity index (χ2v) is 7.76. The Labute approximate surface area is 159 Å². The van der Waals surface area contributed by atoms with Gasteiger partial charge in [0.15, 0.2) is 0 Å². The highest BCUT2D eigenvalue weighted by molar-refractivity contribution is 7.89. The Balaban J connectivity index is 2.18. The molecule has 0 fully saturated rings. The summed E-state index contributed by atoms with van der Waals surface area (Å²) in [6, 6.07) is 10.3. The molecular formula is C19H23FN2O4S. The molecule has 27 heavy (non-hydrogen) atoms. The number of ether oxygens (including phenoxy) is 1. The van der Waals surface area contributed by atoms with E-state index >= 15 is 0 Å². The minimum Gasteiger partial charge on any atom is -0.494 e. The fourth-order valence-electron chi connectivity index (χ4n) is 2.53. The summed E-state index contributed by atoms with van der Waals surface area (Å²) in [7, 11) is -3.88. The molecule has 0 radical (unpaired) electrons. The van der Waals surface area contributed by atoms with Crippen molar-refractivity contribution in [1.29, 1.82) is 0 Å². The normalized spacial score (nSPS) is 11.4. The zero-order chi connectivity index (χ0) is 20.0. The van der Waals surface area contributed by atoms with E-state index in [2.05, 4.69) is 5.32 Å². The third-order valence-corrected chi connectivity index (χ3v) is 5.82. The van der Waals surface area contributed by atoms with E-state index < -0.39 is 28.3 Å². The van der Waals surface area contributed by atoms with E-state index in [9.17, 15) is 17.6 Å². The molecular weight excluding hydrogens is 371 g/mol. The number of nitrogens with one attached hydrogen (secondary N) is 1. The number of likely N-dealkylation sites (N-methyl/N-ethyl adjacent to an activating group) is 1. The van der Waals surface area contributed by atoms with Crippen LogP contribution in [-0.2, 0) is 14.8 Å². The van der Waals surface area contributed by atoms with Crippen LogP contribution in [0.4, 0.5) is 10.1 Å². The number of hydrogen-bond acceptors (Lipinski definition) is 4. The topological polar surface area (TPSA) is 75.7 Å². The highest BCUT2D eigenvalue weighted by Gasteiger charge is 2.26. The summed E-state index contributed by atoms with van der Waals surface area (Å²) in [5, 5.41) is 2.40. The summed E-state index contributed by atoms with van der Waals surface area (Å²) in [5.74, 6) is -0.594. The van der Waals surface area contributed by atoms with Gasteiger partial charge in [-0.2, -0.15) is 4.31 Å². The number of nitrogens with zero attached hydrogens (tertiary/aromatic N) is 1. The molecule has 2 aromatic carbocycles. The van der Waals surface area contributed by atoms with Crippen molar-refractivity contribution in [2.75, 3.05) is 25.0 Å². The van der Waals surface area contributed by atoms with Crippen LogP contribution in [0.5, 0.6) is 5.75 Å². The smallest absolute Gasteiger partial charge is 0.243 e. The second kappa shape index (κ2) is 8.96. The number of halogens is 1. The summed E-state index contributed by atoms with van der Waals surface area (Å²) >= 11 is 0. The number of carbonyl (C=O) groups is 1. The Morgan fingerprint density at radius 3 is 2.48 bits per heavy atom. The molecule has 6 nitrogen and oxygen atoms in total. The highest BCUT2D eigenvalue weighted by atomic mass is 32.2. The predicted octanol–water partition coefficient (Wildman–Crippen LogP) is 3.18. The summed E-state index contributed by atoms with van der Waals surface area (Å²) in [6.07, 6.45) is 0. The molecule has 0 aliphatic carbocycles. The van der Waals surface area contributed by atoms with Crippen LogP contribution in [0.3, 0.4) is 0 Å². The first kappa shape index (κ1) is 20.9. The monoisotopic (exact) mass is 394 g/mol. The van der Waals surface area contributed by atoms with Crippen molar-refractivity contribution >= 4 is 21.6 Å². The summed E-state index contributed by atoms with van der Waals surface area (Å²) in [5.41, 5.74) is 0.692. The van der Waals surface area contributed by atoms with Crippen LogP contribution in [0.25, 0.3) is 0 Å². The van der Waals surface area contributed by atoms with Gasteiger partial charge >= 0.3 is 0 Å². The van der Waals surface area contributed by atoms with E-state index in [1.54, 1.807) is 26.0 Å². The Hall–Kier alpha value is -2.45. The van der Waals surface area contributed by atoms with Crippen LogP contribution >= 0.6 is 0 Å². The third-order valence-electron chi connectivity index (χ3n) is 3.90. The maximum Gasteiger partial charge on any atom is 0.243 e. The minimum atomic E-state index is -3.88. The molecule has 146 valence electrons. The first-order chi connectivity index (χ1) is 12.8. The Morgan fingerprint density at radius 1 is 1.19 bits per heavy atom. The van der Waals surface area contributed by atoms with Gasteiger partial charge < -0.3 is 10.1 Å². The molecule has 0 spiro atoms. The average Bonchev–Trinajstić information content (AvgIpc) is 2.63. The standard InChI is InChI=1S/C19H23FN2O4S/c1-4-22(13-19(23)21-17-9-7-6-8-16(17)20)27(24,25)15-10-11-18(26-5-2)14(3)12-15/h6-12H,4-5,13H2,1-3H3,(H,21,23). The fourth-order valence-corrected chi connectivity index (χ4v) is 4.02. The van der Waals surface area contributed by atoms with Crippen molar-refractivity contribution in [2.45, 2.75) is 25.7 Å². The van der Waals surface area contributed by atoms with Gasteiger partial charge in [0.2, 0.25) is 15.9 Å². The van der Waals surface area contributed by atoms with Crippen LogP contribution in [0.1, 0.15) is 19.4 Å². The van der Waals surface area contributed by atoms with Gasteiger partial charge in [0.1, 0.15) is 11.6 Å². The first-order valence-corrected chi connectivity index (χ1v) is 10.0. The quantitative estimate of drug-likeness (QED) is 0.746. The molecule has 0 atom stereocenters. The van der Waals surface area contributed by atoms with Crippen molar-refractivity contribution in [1.82, 2.24) is 4.31 Å². The fraction of sp³-hybridized carbons (Fsp3) is 0.316. The molecule has 0 saturated carbocycles. The number of rotatable bonds is 8. The van der Waals surface area contributed by atoms with Gasteiger partial charge in [-0.1, -0.05) is 19.1 Å². The van der Waals surface area contributed by atoms with Gasteiger partial charge in [-0.25, -0.2) is 12.8 Å². The second-order valence-electron chi connectivity index (χ2n) is 5.82. The number of aryl methyl sites for hydroxylation is 1. The average molecular weight is 394 g/mol. The summed E-state index contributed by atoms with van der Waals surface area (Å²) in [6.45, 7) is 5.39. The van der Waals surface area contributed by atoms with Gasteiger partial charge in [-0.05, 0) is 49.7 Å². The van der Waals surface area contributed by atoms with E-state index in [1.165, 1.54) is 30.3 Å². The molecule has 0 saturated heterocycles. The number of anilines is 1. The Kier molecular flexibility index (Phi) is 6.92. The molecule has 0 aliphatic heterocycles. The van der Waals surface area contributed by atoms with Crippen molar-refractivity contribution in [2.24, 2.45) is 0 Å². The van der Waals surface area contributed by atoms with E-state index in [1.807, 2.05) is 6.92 Å². The lowest BCUT2D eigenvalue weighted by molar-refractivity contribution is -0.116. The van der Waals surface area contributed by atoms with Crippen LogP contribution in [0.15, 0.2) is 47.4 Å². The van der Waals surface area contributed by atoms with Gasteiger partial charge in [0, 0.05) is 6.54 Å². The summed E-state index contributed by atoms with van der Waals surface area (Å²) in [4.78, 5) is 12.3. The molecule has 1 amide bonds. The lowest BCUT2D eigenvalue weighted by Crippen LogP contribution is -2.38. The SMILES string of the molecule is CCOc1ccc(S(=O)(=O)N(CC)CC(=O)Nc2ccccc2F)cc1C. The van der Waals surface area contributed by atoms with Gasteiger partial charge in [-0.15, -0.1) is 0 Å². The number of benzene rings is 2. The number of para-hydroxylation sites is 1. The molecule has 0 aliphatic rings. The van der Waals surface area contributed by atoms with Crippen LogP contribution in [0.2, 0.25) is 0 Å². The zero-order valence-electron chi connectivity index (χ0n) is 15.5. The van der Waals surface area contributed by atoms with Gasteiger partial charge in [-0.3, -0.25) is 4.79 Å². The molecule has 2 rings (SSSR count). The van der Waals surface area contributed by atoms with Crippen LogP contribution < -0.4 is 10.1 Å². The molecule has 0 unspecified atom stereocenters. The number of sulfonamides is 1. The number of amides is 1. The summed E-state index contributed by atoms with van der Waals surface area (Å²) < 4.78 is 45.9. The number of hydrogen-bond donors (Lipinski definition) is 1. The number of carbonyl (C=O) groups excluding carboxylic acids is 1. The van der Waals surface area contributed by atoms with E-state index in [0.29, 0.717) is 17.9 Å². The molecule has 0 aromatic heterocycles. The van der Waals surface area contributed by atoms with Crippen molar-refractivity contribution < 1.29 is 22.3 Å². The van der Waals surface area contributed by atoms with Crippen LogP contribution in [0, 0.1) is 12.7 Å². The highest BCUT2D eigenvalue weighted by Crippen LogP contribution is 2.24. The van der Waals surface area contributed by atoms with Crippen molar-refractivity contribution in [3.63, 3.8) is 0 Å². The zero-order valence-corrected chi connectivity index (χ0v) is 16.3. The van der Waals surface area contributed by atoms with Crippen molar-refractivity contribution in [3.8, 4) is 5.75 Å². The minimum absolute atomic E-state index is 0.00728. The van der Waals surface area contributed by atoms with Gasteiger partial charge in [0.25, 0.3) is 0 Å². The molecule has 8 heteroatoms. The van der Waals surface area contributed by atoms with Gasteiger partial charge in [0.05, 0.1) is 23.7 Å². The Bertz CT molecular complexity index is 916. The van der Waals surface area contributed by atoms with E-state index in [4.69, 9.17) is 4.74 Å². The van der Waals surface area contributed by atoms with E-state index in [-0.39, 0.29) is 17.1 Å². The Morgan fingerprint density at radius 2 is 1.89 bits per heavy atom. The van der Waals surface area contributed by atoms with E-state index in [0.717, 1.165) is 4.31 Å². The van der Waals surface area contributed by atoms with Crippen molar-refractivity contribution in [3.05, 3.63) is 53.8 Å². The predicted molar refractivity (Wildman–Crippen MR) is 102 cm³/mol.